The van der Waals surface area contributed by atoms with Crippen LogP contribution >= 0.6 is 11.8 Å². The molecule has 0 aromatic carbocycles. The van der Waals surface area contributed by atoms with Crippen molar-refractivity contribution in [2.45, 2.75) is 56.4 Å². The highest BCUT2D eigenvalue weighted by atomic mass is 32.2. The minimum absolute atomic E-state index is 0.00492. The zero-order valence-electron chi connectivity index (χ0n) is 16.2. The van der Waals surface area contributed by atoms with E-state index in [4.69, 9.17) is 0 Å². The molecule has 2 rings (SSSR count). The van der Waals surface area contributed by atoms with E-state index in [1.54, 1.807) is 20.8 Å². The molecule has 2 aromatic heterocycles. The summed E-state index contributed by atoms with van der Waals surface area (Å²) in [5.74, 6) is -0.658. The highest BCUT2D eigenvalue weighted by Gasteiger charge is 2.32. The number of urea groups is 1. The van der Waals surface area contributed by atoms with Gasteiger partial charge in [0.2, 0.25) is 5.91 Å². The van der Waals surface area contributed by atoms with E-state index in [-0.39, 0.29) is 11.0 Å². The normalized spacial score (nSPS) is 13.1. The average Bonchev–Trinajstić information content (AvgIpc) is 2.94. The van der Waals surface area contributed by atoms with Crippen LogP contribution in [0, 0.1) is 0 Å². The van der Waals surface area contributed by atoms with Crippen molar-refractivity contribution in [2.75, 3.05) is 0 Å². The number of rotatable bonds is 5. The number of nitrogens with one attached hydrogen (secondary N) is 2. The fraction of sp³-hybridized carbons (Fsp3) is 0.471. The molecule has 2 heterocycles. The molecule has 0 aliphatic carbocycles. The second kappa shape index (κ2) is 8.80. The molecule has 158 valence electrons. The number of alkyl halides is 3. The first-order chi connectivity index (χ1) is 13.4. The topological polar surface area (TPSA) is 102 Å². The molecule has 12 heteroatoms. The Hall–Kier alpha value is -2.63. The summed E-state index contributed by atoms with van der Waals surface area (Å²) < 4.78 is 40.2. The zero-order valence-corrected chi connectivity index (χ0v) is 17.1. The quantitative estimate of drug-likeness (QED) is 0.707. The summed E-state index contributed by atoms with van der Waals surface area (Å²) in [6.45, 7) is 5.38. The van der Waals surface area contributed by atoms with Gasteiger partial charge in [0.25, 0.3) is 0 Å². The second-order valence-corrected chi connectivity index (χ2v) is 8.50. The molecular weight excluding hydrogens is 409 g/mol. The highest BCUT2D eigenvalue weighted by molar-refractivity contribution is 8.00. The molecule has 0 saturated carbocycles. The van der Waals surface area contributed by atoms with Crippen LogP contribution in [0.25, 0.3) is 11.4 Å². The van der Waals surface area contributed by atoms with E-state index >= 15 is 0 Å². The minimum Gasteiger partial charge on any atom is -0.333 e. The van der Waals surface area contributed by atoms with Crippen molar-refractivity contribution in [2.24, 2.45) is 0 Å². The largest absolute Gasteiger partial charge is 0.406 e. The summed E-state index contributed by atoms with van der Waals surface area (Å²) >= 11 is 0.776. The predicted octanol–water partition coefficient (Wildman–Crippen LogP) is 3.01. The first kappa shape index (κ1) is 22.7. The van der Waals surface area contributed by atoms with Gasteiger partial charge in [-0.15, -0.1) is 10.2 Å². The molecule has 0 saturated heterocycles. The smallest absolute Gasteiger partial charge is 0.333 e. The zero-order chi connectivity index (χ0) is 21.8. The Labute approximate surface area is 169 Å². The Morgan fingerprint density at radius 1 is 1.17 bits per heavy atom. The number of hydrogen-bond acceptors (Lipinski definition) is 6. The average molecular weight is 430 g/mol. The molecule has 29 heavy (non-hydrogen) atoms. The number of nitrogens with zero attached hydrogens (tertiary/aromatic N) is 4. The lowest BCUT2D eigenvalue weighted by Gasteiger charge is -2.21. The van der Waals surface area contributed by atoms with Gasteiger partial charge in [-0.1, -0.05) is 11.8 Å². The molecule has 8 nitrogen and oxygen atoms in total. The number of pyridine rings is 1. The lowest BCUT2D eigenvalue weighted by molar-refractivity contribution is -0.141. The van der Waals surface area contributed by atoms with Gasteiger partial charge < -0.3 is 5.32 Å². The summed E-state index contributed by atoms with van der Waals surface area (Å²) in [6, 6.07) is 2.33. The molecule has 2 aromatic rings. The van der Waals surface area contributed by atoms with Gasteiger partial charge >= 0.3 is 12.2 Å². The molecule has 0 spiro atoms. The van der Waals surface area contributed by atoms with Crippen molar-refractivity contribution in [3.8, 4) is 11.4 Å². The van der Waals surface area contributed by atoms with Crippen LogP contribution in [-0.4, -0.2) is 48.7 Å². The van der Waals surface area contributed by atoms with Gasteiger partial charge in [-0.05, 0) is 39.8 Å². The van der Waals surface area contributed by atoms with E-state index in [1.165, 1.54) is 31.5 Å². The third-order valence-electron chi connectivity index (χ3n) is 3.37. The van der Waals surface area contributed by atoms with Gasteiger partial charge in [0.15, 0.2) is 11.0 Å². The van der Waals surface area contributed by atoms with Crippen LogP contribution in [0.2, 0.25) is 0 Å². The van der Waals surface area contributed by atoms with Crippen LogP contribution in [0.15, 0.2) is 29.7 Å². The van der Waals surface area contributed by atoms with E-state index in [0.29, 0.717) is 5.56 Å². The van der Waals surface area contributed by atoms with E-state index < -0.39 is 35.4 Å². The third kappa shape index (κ3) is 7.04. The first-order valence-electron chi connectivity index (χ1n) is 8.56. The second-order valence-electron chi connectivity index (χ2n) is 7.20. The SMILES string of the molecule is CC(Sc1nnc(-c2ccncc2)n1CC(F)(F)F)C(=O)NC(=O)NC(C)(C)C. The molecule has 3 amide bonds. The number of aromatic nitrogens is 4. The third-order valence-corrected chi connectivity index (χ3v) is 4.45. The summed E-state index contributed by atoms with van der Waals surface area (Å²) in [5.41, 5.74) is -0.141. The van der Waals surface area contributed by atoms with Crippen LogP contribution in [0.1, 0.15) is 27.7 Å². The van der Waals surface area contributed by atoms with Crippen molar-refractivity contribution in [1.29, 1.82) is 0 Å². The maximum absolute atomic E-state index is 13.1. The highest BCUT2D eigenvalue weighted by Crippen LogP contribution is 2.30. The molecule has 0 radical (unpaired) electrons. The van der Waals surface area contributed by atoms with Crippen LogP contribution in [-0.2, 0) is 11.3 Å². The summed E-state index contributed by atoms with van der Waals surface area (Å²) in [6.07, 6.45) is -1.66. The van der Waals surface area contributed by atoms with E-state index in [2.05, 4.69) is 25.8 Å². The van der Waals surface area contributed by atoms with Gasteiger partial charge in [0.05, 0.1) is 5.25 Å². The van der Waals surface area contributed by atoms with Gasteiger partial charge in [-0.3, -0.25) is 19.7 Å². The predicted molar refractivity (Wildman–Crippen MR) is 101 cm³/mol. The van der Waals surface area contributed by atoms with Crippen molar-refractivity contribution < 1.29 is 22.8 Å². The Morgan fingerprint density at radius 3 is 2.34 bits per heavy atom. The van der Waals surface area contributed by atoms with E-state index in [9.17, 15) is 22.8 Å². The van der Waals surface area contributed by atoms with Crippen molar-refractivity contribution in [1.82, 2.24) is 30.4 Å². The summed E-state index contributed by atoms with van der Waals surface area (Å²) in [7, 11) is 0. The molecule has 0 aliphatic rings. The first-order valence-corrected chi connectivity index (χ1v) is 9.44. The van der Waals surface area contributed by atoms with Crippen molar-refractivity contribution in [3.05, 3.63) is 24.5 Å². The van der Waals surface area contributed by atoms with Gasteiger partial charge in [0, 0.05) is 23.5 Å². The van der Waals surface area contributed by atoms with Gasteiger partial charge in [0.1, 0.15) is 6.54 Å². The van der Waals surface area contributed by atoms with Crippen molar-refractivity contribution in [3.63, 3.8) is 0 Å². The fourth-order valence-electron chi connectivity index (χ4n) is 2.21. The van der Waals surface area contributed by atoms with Crippen LogP contribution in [0.3, 0.4) is 0 Å². The summed E-state index contributed by atoms with van der Waals surface area (Å²) in [4.78, 5) is 27.9. The van der Waals surface area contributed by atoms with Crippen molar-refractivity contribution >= 4 is 23.7 Å². The monoisotopic (exact) mass is 430 g/mol. The number of halogens is 3. The number of thioether (sulfide) groups is 1. The molecule has 1 unspecified atom stereocenters. The molecule has 0 fully saturated rings. The van der Waals surface area contributed by atoms with E-state index in [1.807, 2.05) is 0 Å². The van der Waals surface area contributed by atoms with Gasteiger partial charge in [-0.25, -0.2) is 4.79 Å². The maximum atomic E-state index is 13.1. The number of carbonyl (C=O) groups excluding carboxylic acids is 2. The minimum atomic E-state index is -4.52. The molecule has 0 aliphatic heterocycles. The summed E-state index contributed by atoms with van der Waals surface area (Å²) in [5, 5.41) is 11.4. The molecule has 0 bridgehead atoms. The number of carbonyl (C=O) groups is 2. The number of imide groups is 1. The Morgan fingerprint density at radius 2 is 1.79 bits per heavy atom. The van der Waals surface area contributed by atoms with Crippen LogP contribution < -0.4 is 10.6 Å². The lowest BCUT2D eigenvalue weighted by Crippen LogP contribution is -2.49. The van der Waals surface area contributed by atoms with Crippen LogP contribution in [0.5, 0.6) is 0 Å². The standard InChI is InChI=1S/C17H21F3N6O2S/c1-10(13(27)22-14(28)23-16(2,3)4)29-15-25-24-12(11-5-7-21-8-6-11)26(15)9-17(18,19)20/h5-8,10H,9H2,1-4H3,(H2,22,23,27,28). The number of amides is 3. The Kier molecular flexibility index (Phi) is 6.88. The molecule has 1 atom stereocenters. The van der Waals surface area contributed by atoms with Crippen LogP contribution in [0.4, 0.5) is 18.0 Å². The molecule has 2 N–H and O–H groups in total. The fourth-order valence-corrected chi connectivity index (χ4v) is 3.06. The maximum Gasteiger partial charge on any atom is 0.406 e. The Balaban J connectivity index is 2.20. The Bertz CT molecular complexity index is 864. The van der Waals surface area contributed by atoms with E-state index in [0.717, 1.165) is 16.3 Å². The molecular formula is C17H21F3N6O2S. The number of hydrogen-bond donors (Lipinski definition) is 2. The lowest BCUT2D eigenvalue weighted by atomic mass is 10.1. The van der Waals surface area contributed by atoms with Gasteiger partial charge in [-0.2, -0.15) is 13.2 Å².